The van der Waals surface area contributed by atoms with Gasteiger partial charge in [0.1, 0.15) is 17.5 Å². The number of allylic oxidation sites excluding steroid dienone is 2. The molecule has 0 saturated heterocycles. The van der Waals surface area contributed by atoms with E-state index < -0.39 is 17.5 Å². The second kappa shape index (κ2) is 8.67. The van der Waals surface area contributed by atoms with E-state index in [1.807, 2.05) is 6.92 Å². The number of rotatable bonds is 2. The fraction of sp³-hybridized carbons (Fsp3) is 0.304. The molecule has 140 valence electrons. The minimum Gasteiger partial charge on any atom is -0.206 e. The van der Waals surface area contributed by atoms with Crippen LogP contribution in [0.4, 0.5) is 13.2 Å². The van der Waals surface area contributed by atoms with Crippen molar-refractivity contribution in [2.45, 2.75) is 38.5 Å². The molecule has 3 rings (SSSR count). The Balaban J connectivity index is 1.80. The van der Waals surface area contributed by atoms with Gasteiger partial charge in [-0.25, -0.2) is 13.2 Å². The van der Waals surface area contributed by atoms with E-state index in [4.69, 9.17) is 11.6 Å². The van der Waals surface area contributed by atoms with Crippen LogP contribution in [0.25, 0.3) is 0 Å². The molecule has 1 fully saturated rings. The smallest absolute Gasteiger partial charge is 0.143 e. The highest BCUT2D eigenvalue weighted by Crippen LogP contribution is 2.37. The van der Waals surface area contributed by atoms with Gasteiger partial charge in [-0.15, -0.1) is 0 Å². The Hall–Kier alpha value is -2.18. The summed E-state index contributed by atoms with van der Waals surface area (Å²) in [7, 11) is 0. The van der Waals surface area contributed by atoms with Crippen molar-refractivity contribution in [1.29, 1.82) is 0 Å². The Bertz CT molecular complexity index is 890. The first-order valence-corrected chi connectivity index (χ1v) is 9.44. The molecule has 0 N–H and O–H groups in total. The molecule has 1 saturated carbocycles. The highest BCUT2D eigenvalue weighted by Gasteiger charge is 2.22. The number of hydrogen-bond donors (Lipinski definition) is 0. The Morgan fingerprint density at radius 2 is 1.59 bits per heavy atom. The Morgan fingerprint density at radius 3 is 2.19 bits per heavy atom. The summed E-state index contributed by atoms with van der Waals surface area (Å²) in [6.07, 6.45) is 8.16. The second-order valence-corrected chi connectivity index (χ2v) is 7.28. The first-order chi connectivity index (χ1) is 13.0. The van der Waals surface area contributed by atoms with Crippen LogP contribution in [0.5, 0.6) is 0 Å². The molecule has 0 amide bonds. The predicted molar refractivity (Wildman–Crippen MR) is 103 cm³/mol. The molecular weight excluding hydrogens is 369 g/mol. The average Bonchev–Trinajstić information content (AvgIpc) is 2.64. The number of halogens is 4. The number of hydrogen-bond acceptors (Lipinski definition) is 0. The standard InChI is InChI=1S/C23H20ClF3/c1-2-3-15-4-8-17(9-5-15)18-13-21(25)19(22(26)14-18)10-6-16-7-11-20(24)23(27)12-16/h2-3,7,11-15,17H,4-5,8-9H2,1H3. The maximum absolute atomic E-state index is 14.5. The molecule has 0 radical (unpaired) electrons. The zero-order valence-corrected chi connectivity index (χ0v) is 15.8. The van der Waals surface area contributed by atoms with E-state index in [9.17, 15) is 13.2 Å². The van der Waals surface area contributed by atoms with Crippen molar-refractivity contribution in [3.8, 4) is 11.8 Å². The van der Waals surface area contributed by atoms with Gasteiger partial charge < -0.3 is 0 Å². The SMILES string of the molecule is CC=CC1CCC(c2cc(F)c(C#Cc3ccc(Cl)c(F)c3)c(F)c2)CC1. The first kappa shape index (κ1) is 19.6. The van der Waals surface area contributed by atoms with Crippen LogP contribution >= 0.6 is 11.6 Å². The van der Waals surface area contributed by atoms with Crippen molar-refractivity contribution in [3.05, 3.63) is 81.6 Å². The van der Waals surface area contributed by atoms with Crippen LogP contribution in [0.3, 0.4) is 0 Å². The molecule has 2 aromatic rings. The van der Waals surface area contributed by atoms with E-state index in [0.717, 1.165) is 31.7 Å². The first-order valence-electron chi connectivity index (χ1n) is 9.06. The van der Waals surface area contributed by atoms with E-state index in [2.05, 4.69) is 24.0 Å². The largest absolute Gasteiger partial charge is 0.206 e. The maximum Gasteiger partial charge on any atom is 0.143 e. The molecule has 0 aromatic heterocycles. The molecule has 0 bridgehead atoms. The average molecular weight is 389 g/mol. The van der Waals surface area contributed by atoms with Crippen LogP contribution in [-0.4, -0.2) is 0 Å². The maximum atomic E-state index is 14.5. The summed E-state index contributed by atoms with van der Waals surface area (Å²) in [5.41, 5.74) is 0.700. The summed E-state index contributed by atoms with van der Waals surface area (Å²) < 4.78 is 42.4. The molecule has 2 aromatic carbocycles. The highest BCUT2D eigenvalue weighted by atomic mass is 35.5. The van der Waals surface area contributed by atoms with Crippen molar-refractivity contribution in [2.24, 2.45) is 5.92 Å². The summed E-state index contributed by atoms with van der Waals surface area (Å²) in [6.45, 7) is 2.01. The second-order valence-electron chi connectivity index (χ2n) is 6.88. The molecular formula is C23H20ClF3. The normalized spacial score (nSPS) is 19.7. The van der Waals surface area contributed by atoms with E-state index >= 15 is 0 Å². The summed E-state index contributed by atoms with van der Waals surface area (Å²) >= 11 is 5.62. The van der Waals surface area contributed by atoms with Crippen LogP contribution in [0.2, 0.25) is 5.02 Å². The van der Waals surface area contributed by atoms with Gasteiger partial charge in [0.15, 0.2) is 0 Å². The fourth-order valence-electron chi connectivity index (χ4n) is 3.57. The van der Waals surface area contributed by atoms with Crippen LogP contribution in [0.1, 0.15) is 55.2 Å². The van der Waals surface area contributed by atoms with Gasteiger partial charge in [-0.2, -0.15) is 0 Å². The van der Waals surface area contributed by atoms with Crippen LogP contribution < -0.4 is 0 Å². The van der Waals surface area contributed by atoms with Crippen molar-refractivity contribution in [3.63, 3.8) is 0 Å². The summed E-state index contributed by atoms with van der Waals surface area (Å²) in [6, 6.07) is 6.78. The molecule has 4 heteroatoms. The van der Waals surface area contributed by atoms with Crippen molar-refractivity contribution < 1.29 is 13.2 Å². The van der Waals surface area contributed by atoms with Crippen LogP contribution in [0.15, 0.2) is 42.5 Å². The zero-order chi connectivity index (χ0) is 19.4. The quantitative estimate of drug-likeness (QED) is 0.383. The Morgan fingerprint density at radius 1 is 0.926 bits per heavy atom. The van der Waals surface area contributed by atoms with E-state index in [1.54, 1.807) is 0 Å². The van der Waals surface area contributed by atoms with Gasteiger partial charge >= 0.3 is 0 Å². The van der Waals surface area contributed by atoms with Gasteiger partial charge in [-0.3, -0.25) is 0 Å². The third-order valence-corrected chi connectivity index (χ3v) is 5.33. The molecule has 0 aliphatic heterocycles. The van der Waals surface area contributed by atoms with E-state index in [1.165, 1.54) is 24.3 Å². The lowest BCUT2D eigenvalue weighted by molar-refractivity contribution is 0.374. The summed E-state index contributed by atoms with van der Waals surface area (Å²) in [4.78, 5) is 0. The Labute approximate surface area is 163 Å². The summed E-state index contributed by atoms with van der Waals surface area (Å²) in [5, 5.41) is -0.0218. The van der Waals surface area contributed by atoms with Gasteiger partial charge in [0.25, 0.3) is 0 Å². The summed E-state index contributed by atoms with van der Waals surface area (Å²) in [5.74, 6) is 3.83. The van der Waals surface area contributed by atoms with Crippen LogP contribution in [0, 0.1) is 35.2 Å². The van der Waals surface area contributed by atoms with Gasteiger partial charge in [0.2, 0.25) is 0 Å². The third-order valence-electron chi connectivity index (χ3n) is 5.02. The lowest BCUT2D eigenvalue weighted by Crippen LogP contribution is -2.12. The monoisotopic (exact) mass is 388 g/mol. The van der Waals surface area contributed by atoms with Crippen molar-refractivity contribution in [1.82, 2.24) is 0 Å². The lowest BCUT2D eigenvalue weighted by Gasteiger charge is -2.27. The molecule has 0 nitrogen and oxygen atoms in total. The molecule has 0 heterocycles. The minimum absolute atomic E-state index is 0.0218. The lowest BCUT2D eigenvalue weighted by atomic mass is 9.78. The highest BCUT2D eigenvalue weighted by molar-refractivity contribution is 6.30. The zero-order valence-electron chi connectivity index (χ0n) is 15.0. The van der Waals surface area contributed by atoms with Gasteiger partial charge in [-0.05, 0) is 80.3 Å². The Kier molecular flexibility index (Phi) is 6.29. The number of benzene rings is 2. The fourth-order valence-corrected chi connectivity index (χ4v) is 3.69. The predicted octanol–water partition coefficient (Wildman–Crippen LogP) is 7.01. The topological polar surface area (TPSA) is 0 Å². The van der Waals surface area contributed by atoms with E-state index in [0.29, 0.717) is 17.0 Å². The van der Waals surface area contributed by atoms with Crippen LogP contribution in [-0.2, 0) is 0 Å². The molecule has 27 heavy (non-hydrogen) atoms. The van der Waals surface area contributed by atoms with E-state index in [-0.39, 0.29) is 16.5 Å². The van der Waals surface area contributed by atoms with Gasteiger partial charge in [-0.1, -0.05) is 35.6 Å². The van der Waals surface area contributed by atoms with Gasteiger partial charge in [0.05, 0.1) is 10.6 Å². The van der Waals surface area contributed by atoms with Gasteiger partial charge in [0, 0.05) is 5.56 Å². The third kappa shape index (κ3) is 4.76. The molecule has 1 aliphatic carbocycles. The minimum atomic E-state index is -0.678. The molecule has 0 spiro atoms. The van der Waals surface area contributed by atoms with Crippen molar-refractivity contribution in [2.75, 3.05) is 0 Å². The molecule has 0 unspecified atom stereocenters. The van der Waals surface area contributed by atoms with Crippen molar-refractivity contribution >= 4 is 11.6 Å². The molecule has 1 aliphatic rings. The molecule has 0 atom stereocenters.